The molecule has 2 heterocycles. The first-order valence-electron chi connectivity index (χ1n) is 7.73. The highest BCUT2D eigenvalue weighted by molar-refractivity contribution is 7.80. The van der Waals surface area contributed by atoms with E-state index in [9.17, 15) is 0 Å². The number of benzene rings is 1. The normalized spacial score (nSPS) is 13.8. The summed E-state index contributed by atoms with van der Waals surface area (Å²) in [5.74, 6) is 1.59. The lowest BCUT2D eigenvalue weighted by Crippen LogP contribution is -2.39. The number of hydrogen-bond acceptors (Lipinski definition) is 5. The summed E-state index contributed by atoms with van der Waals surface area (Å²) in [4.78, 5) is 3.52. The van der Waals surface area contributed by atoms with E-state index in [4.69, 9.17) is 21.7 Å². The first-order chi connectivity index (χ1) is 11.6. The molecular weight excluding hydrogens is 342 g/mol. The molecule has 128 valence electrons. The third kappa shape index (κ3) is 4.17. The molecule has 0 spiro atoms. The average molecular weight is 364 g/mol. The van der Waals surface area contributed by atoms with Crippen LogP contribution in [-0.4, -0.2) is 37.4 Å². The van der Waals surface area contributed by atoms with Crippen LogP contribution < -0.4 is 20.1 Å². The Kier molecular flexibility index (Phi) is 5.55. The van der Waals surface area contributed by atoms with Gasteiger partial charge in [-0.1, -0.05) is 12.1 Å². The first-order valence-corrected chi connectivity index (χ1v) is 9.02. The number of hydrogen-bond donors (Lipinski definition) is 2. The SMILES string of the molecule is CN(C)[C@@H](CNC(=S)NCc1ccc2c(c1)OCO2)c1cccs1. The molecule has 1 aliphatic rings. The molecule has 2 N–H and O–H groups in total. The zero-order chi connectivity index (χ0) is 16.9. The Labute approximate surface area is 151 Å². The quantitative estimate of drug-likeness (QED) is 0.770. The van der Waals surface area contributed by atoms with Crippen molar-refractivity contribution >= 4 is 28.7 Å². The smallest absolute Gasteiger partial charge is 0.231 e. The van der Waals surface area contributed by atoms with Crippen molar-refractivity contribution in [3.05, 3.63) is 46.2 Å². The maximum Gasteiger partial charge on any atom is 0.231 e. The number of thiocarbonyl (C=S) groups is 1. The highest BCUT2D eigenvalue weighted by Gasteiger charge is 2.16. The minimum absolute atomic E-state index is 0.292. The molecule has 5 nitrogen and oxygen atoms in total. The predicted octanol–water partition coefficient (Wildman–Crippen LogP) is 2.74. The lowest BCUT2D eigenvalue weighted by atomic mass is 10.2. The minimum atomic E-state index is 0.292. The highest BCUT2D eigenvalue weighted by Crippen LogP contribution is 2.32. The molecular formula is C17H21N3O2S2. The topological polar surface area (TPSA) is 45.8 Å². The van der Waals surface area contributed by atoms with Gasteiger partial charge in [0.15, 0.2) is 16.6 Å². The Balaban J connectivity index is 1.49. The lowest BCUT2D eigenvalue weighted by molar-refractivity contribution is 0.174. The van der Waals surface area contributed by atoms with Crippen LogP contribution in [0, 0.1) is 0 Å². The van der Waals surface area contributed by atoms with Crippen molar-refractivity contribution in [3.8, 4) is 11.5 Å². The van der Waals surface area contributed by atoms with Crippen molar-refractivity contribution in [1.29, 1.82) is 0 Å². The molecule has 1 atom stereocenters. The zero-order valence-electron chi connectivity index (χ0n) is 13.7. The van der Waals surface area contributed by atoms with E-state index in [1.54, 1.807) is 11.3 Å². The summed E-state index contributed by atoms with van der Waals surface area (Å²) < 4.78 is 10.7. The zero-order valence-corrected chi connectivity index (χ0v) is 15.4. The van der Waals surface area contributed by atoms with E-state index >= 15 is 0 Å². The van der Waals surface area contributed by atoms with Crippen LogP contribution in [0.1, 0.15) is 16.5 Å². The van der Waals surface area contributed by atoms with Crippen molar-refractivity contribution < 1.29 is 9.47 Å². The van der Waals surface area contributed by atoms with Gasteiger partial charge in [-0.25, -0.2) is 0 Å². The fraction of sp³-hybridized carbons (Fsp3) is 0.353. The molecule has 0 amide bonds. The Bertz CT molecular complexity index is 689. The van der Waals surface area contributed by atoms with Crippen LogP contribution in [0.15, 0.2) is 35.7 Å². The molecule has 1 aromatic heterocycles. The minimum Gasteiger partial charge on any atom is -0.454 e. The van der Waals surface area contributed by atoms with E-state index in [2.05, 4.69) is 47.1 Å². The number of nitrogens with zero attached hydrogens (tertiary/aromatic N) is 1. The summed E-state index contributed by atoms with van der Waals surface area (Å²) in [6, 6.07) is 10.4. The van der Waals surface area contributed by atoms with Gasteiger partial charge in [-0.05, 0) is 55.5 Å². The van der Waals surface area contributed by atoms with Gasteiger partial charge in [0.1, 0.15) is 0 Å². The Morgan fingerprint density at radius 3 is 2.83 bits per heavy atom. The van der Waals surface area contributed by atoms with Crippen molar-refractivity contribution in [2.45, 2.75) is 12.6 Å². The van der Waals surface area contributed by atoms with Gasteiger partial charge >= 0.3 is 0 Å². The number of thiophene rings is 1. The number of nitrogens with one attached hydrogen (secondary N) is 2. The van der Waals surface area contributed by atoms with Crippen LogP contribution >= 0.6 is 23.6 Å². The van der Waals surface area contributed by atoms with Crippen LogP contribution in [0.4, 0.5) is 0 Å². The van der Waals surface area contributed by atoms with E-state index in [1.165, 1.54) is 4.88 Å². The van der Waals surface area contributed by atoms with Crippen molar-refractivity contribution in [2.75, 3.05) is 27.4 Å². The van der Waals surface area contributed by atoms with E-state index in [1.807, 2.05) is 18.2 Å². The van der Waals surface area contributed by atoms with E-state index in [0.717, 1.165) is 23.6 Å². The van der Waals surface area contributed by atoms with Gasteiger partial charge in [-0.3, -0.25) is 0 Å². The van der Waals surface area contributed by atoms with Crippen molar-refractivity contribution in [1.82, 2.24) is 15.5 Å². The van der Waals surface area contributed by atoms with Gasteiger partial charge in [0.05, 0.1) is 6.04 Å². The summed E-state index contributed by atoms with van der Waals surface area (Å²) in [7, 11) is 4.16. The molecule has 0 fully saturated rings. The van der Waals surface area contributed by atoms with Gasteiger partial charge in [0.25, 0.3) is 0 Å². The largest absolute Gasteiger partial charge is 0.454 e. The maximum absolute atomic E-state index is 5.39. The number of ether oxygens (including phenoxy) is 2. The number of fused-ring (bicyclic) bond motifs is 1. The monoisotopic (exact) mass is 363 g/mol. The summed E-state index contributed by atoms with van der Waals surface area (Å²) in [6.07, 6.45) is 0. The standard InChI is InChI=1S/C17H21N3O2S2/c1-20(2)13(16-4-3-7-24-16)10-19-17(23)18-9-12-5-6-14-15(8-12)22-11-21-14/h3-8,13H,9-11H2,1-2H3,(H2,18,19,23)/t13-/m0/s1. The molecule has 2 aromatic rings. The second-order valence-corrected chi connectivity index (χ2v) is 7.13. The summed E-state index contributed by atoms with van der Waals surface area (Å²) in [6.45, 7) is 1.70. The van der Waals surface area contributed by atoms with E-state index in [0.29, 0.717) is 24.5 Å². The van der Waals surface area contributed by atoms with Crippen molar-refractivity contribution in [3.63, 3.8) is 0 Å². The van der Waals surface area contributed by atoms with Crippen LogP contribution in [0.5, 0.6) is 11.5 Å². The third-order valence-corrected chi connectivity index (χ3v) is 5.10. The van der Waals surface area contributed by atoms with E-state index in [-0.39, 0.29) is 0 Å². The van der Waals surface area contributed by atoms with E-state index < -0.39 is 0 Å². The second-order valence-electron chi connectivity index (χ2n) is 5.75. The summed E-state index contributed by atoms with van der Waals surface area (Å²) >= 11 is 7.16. The third-order valence-electron chi connectivity index (χ3n) is 3.84. The molecule has 0 radical (unpaired) electrons. The molecule has 3 rings (SSSR count). The van der Waals surface area contributed by atoms with Gasteiger partial charge in [0.2, 0.25) is 6.79 Å². The predicted molar refractivity (Wildman–Crippen MR) is 101 cm³/mol. The molecule has 1 aliphatic heterocycles. The molecule has 0 bridgehead atoms. The van der Waals surface area contributed by atoms with Gasteiger partial charge in [0, 0.05) is 18.0 Å². The van der Waals surface area contributed by atoms with Gasteiger partial charge in [-0.2, -0.15) is 0 Å². The molecule has 0 saturated carbocycles. The van der Waals surface area contributed by atoms with Crippen LogP contribution in [0.25, 0.3) is 0 Å². The number of rotatable bonds is 6. The Morgan fingerprint density at radius 2 is 2.08 bits per heavy atom. The Hall–Kier alpha value is -1.83. The summed E-state index contributed by atoms with van der Waals surface area (Å²) in [5, 5.41) is 9.29. The molecule has 0 aliphatic carbocycles. The number of likely N-dealkylation sites (N-methyl/N-ethyl adjacent to an activating group) is 1. The first kappa shape index (κ1) is 17.0. The molecule has 1 aromatic carbocycles. The van der Waals surface area contributed by atoms with Crippen molar-refractivity contribution in [2.24, 2.45) is 0 Å². The molecule has 7 heteroatoms. The fourth-order valence-corrected chi connectivity index (χ4v) is 3.58. The van der Waals surface area contributed by atoms with Crippen LogP contribution in [-0.2, 0) is 6.54 Å². The highest BCUT2D eigenvalue weighted by atomic mass is 32.1. The molecule has 24 heavy (non-hydrogen) atoms. The van der Waals surface area contributed by atoms with Gasteiger partial charge < -0.3 is 25.0 Å². The van der Waals surface area contributed by atoms with Gasteiger partial charge in [-0.15, -0.1) is 11.3 Å². The average Bonchev–Trinajstić information content (AvgIpc) is 3.23. The fourth-order valence-electron chi connectivity index (χ4n) is 2.50. The second kappa shape index (κ2) is 7.83. The molecule has 0 unspecified atom stereocenters. The lowest BCUT2D eigenvalue weighted by Gasteiger charge is -2.24. The van der Waals surface area contributed by atoms with Crippen LogP contribution in [0.2, 0.25) is 0 Å². The maximum atomic E-state index is 5.39. The molecule has 0 saturated heterocycles. The Morgan fingerprint density at radius 1 is 1.25 bits per heavy atom. The van der Waals surface area contributed by atoms with Crippen LogP contribution in [0.3, 0.4) is 0 Å². The summed E-state index contributed by atoms with van der Waals surface area (Å²) in [5.41, 5.74) is 1.10.